The number of hydrogen-bond acceptors (Lipinski definition) is 3. The third-order valence-electron chi connectivity index (χ3n) is 5.52. The Morgan fingerprint density at radius 3 is 2.55 bits per heavy atom. The number of rotatable bonds is 2. The number of hydrogen-bond donors (Lipinski definition) is 1. The molecular weight excluding hydrogens is 250 g/mol. The predicted octanol–water partition coefficient (Wildman–Crippen LogP) is 1.46. The molecule has 0 aromatic rings. The number of piperidine rings is 2. The number of fused-ring (bicyclic) bond motifs is 1. The molecule has 0 spiro atoms. The van der Waals surface area contributed by atoms with Gasteiger partial charge in [-0.05, 0) is 58.4 Å². The summed E-state index contributed by atoms with van der Waals surface area (Å²) in [6.07, 6.45) is 6.23. The fraction of sp³-hybridized carbons (Fsp3) is 0.938. The molecule has 3 rings (SSSR count). The van der Waals surface area contributed by atoms with E-state index in [1.54, 1.807) is 0 Å². The molecule has 4 atom stereocenters. The summed E-state index contributed by atoms with van der Waals surface area (Å²) in [6.45, 7) is 8.37. The molecule has 114 valence electrons. The second kappa shape index (κ2) is 6.02. The molecule has 4 nitrogen and oxygen atoms in total. The minimum Gasteiger partial charge on any atom is -0.336 e. The Hall–Kier alpha value is -0.610. The maximum absolute atomic E-state index is 12.6. The molecule has 1 amide bonds. The molecule has 0 bridgehead atoms. The van der Waals surface area contributed by atoms with Crippen LogP contribution in [0.1, 0.15) is 46.0 Å². The molecule has 0 radical (unpaired) electrons. The summed E-state index contributed by atoms with van der Waals surface area (Å²) < 4.78 is 0. The number of likely N-dealkylation sites (tertiary alicyclic amines) is 2. The van der Waals surface area contributed by atoms with Gasteiger partial charge in [0.05, 0.1) is 6.54 Å². The highest BCUT2D eigenvalue weighted by Gasteiger charge is 2.36. The molecular formula is C16H29N3O. The Bertz CT molecular complexity index is 336. The van der Waals surface area contributed by atoms with E-state index >= 15 is 0 Å². The van der Waals surface area contributed by atoms with Crippen LogP contribution in [-0.4, -0.2) is 60.0 Å². The molecule has 20 heavy (non-hydrogen) atoms. The Morgan fingerprint density at radius 2 is 1.85 bits per heavy atom. The monoisotopic (exact) mass is 279 g/mol. The van der Waals surface area contributed by atoms with E-state index in [0.29, 0.717) is 30.6 Å². The van der Waals surface area contributed by atoms with E-state index in [-0.39, 0.29) is 0 Å². The van der Waals surface area contributed by atoms with E-state index in [1.165, 1.54) is 32.1 Å². The molecule has 1 N–H and O–H groups in total. The van der Waals surface area contributed by atoms with Crippen molar-refractivity contribution in [2.24, 2.45) is 5.92 Å². The van der Waals surface area contributed by atoms with E-state index in [2.05, 4.69) is 29.0 Å². The third-order valence-corrected chi connectivity index (χ3v) is 5.52. The number of carbonyl (C=O) groups excluding carboxylic acids is 1. The fourth-order valence-electron chi connectivity index (χ4n) is 4.45. The maximum atomic E-state index is 12.6. The zero-order chi connectivity index (χ0) is 14.1. The molecule has 3 aliphatic rings. The molecule has 0 saturated carbocycles. The van der Waals surface area contributed by atoms with E-state index in [1.807, 2.05) is 0 Å². The van der Waals surface area contributed by atoms with Gasteiger partial charge in [-0.1, -0.05) is 0 Å². The first kappa shape index (κ1) is 14.3. The van der Waals surface area contributed by atoms with Gasteiger partial charge in [-0.15, -0.1) is 0 Å². The Kier molecular flexibility index (Phi) is 4.32. The van der Waals surface area contributed by atoms with Crippen LogP contribution >= 0.6 is 0 Å². The lowest BCUT2D eigenvalue weighted by Crippen LogP contribution is -2.51. The van der Waals surface area contributed by atoms with Gasteiger partial charge in [0, 0.05) is 31.2 Å². The van der Waals surface area contributed by atoms with E-state index in [0.717, 1.165) is 25.6 Å². The summed E-state index contributed by atoms with van der Waals surface area (Å²) in [5.41, 5.74) is 0. The first-order valence-corrected chi connectivity index (χ1v) is 8.42. The van der Waals surface area contributed by atoms with Gasteiger partial charge >= 0.3 is 0 Å². The Morgan fingerprint density at radius 1 is 1.10 bits per heavy atom. The van der Waals surface area contributed by atoms with Crippen LogP contribution in [0.2, 0.25) is 0 Å². The van der Waals surface area contributed by atoms with Gasteiger partial charge in [0.15, 0.2) is 0 Å². The van der Waals surface area contributed by atoms with Crippen LogP contribution in [0.3, 0.4) is 0 Å². The lowest BCUT2D eigenvalue weighted by molar-refractivity contribution is -0.138. The van der Waals surface area contributed by atoms with Gasteiger partial charge < -0.3 is 10.2 Å². The molecule has 3 aliphatic heterocycles. The van der Waals surface area contributed by atoms with Crippen molar-refractivity contribution in [2.75, 3.05) is 26.2 Å². The summed E-state index contributed by atoms with van der Waals surface area (Å²) in [4.78, 5) is 17.2. The van der Waals surface area contributed by atoms with Crippen molar-refractivity contribution in [1.29, 1.82) is 0 Å². The van der Waals surface area contributed by atoms with Crippen LogP contribution in [0.25, 0.3) is 0 Å². The number of nitrogens with zero attached hydrogens (tertiary/aromatic N) is 2. The van der Waals surface area contributed by atoms with Gasteiger partial charge in [-0.3, -0.25) is 9.69 Å². The third kappa shape index (κ3) is 2.86. The van der Waals surface area contributed by atoms with Gasteiger partial charge in [0.25, 0.3) is 0 Å². The summed E-state index contributed by atoms with van der Waals surface area (Å²) in [6, 6.07) is 1.48. The van der Waals surface area contributed by atoms with Crippen molar-refractivity contribution in [3.05, 3.63) is 0 Å². The standard InChI is InChI=1S/C16H29N3O/c1-12-5-3-6-13(2)19(12)16(20)11-18-9-14-7-4-8-17-15(14)10-18/h12-15,17H,3-11H2,1-2H3/t12?,13?,14-,15+/m0/s1. The van der Waals surface area contributed by atoms with Crippen LogP contribution in [-0.2, 0) is 4.79 Å². The highest BCUT2D eigenvalue weighted by Crippen LogP contribution is 2.26. The lowest BCUT2D eigenvalue weighted by Gasteiger charge is -2.39. The van der Waals surface area contributed by atoms with Gasteiger partial charge in [-0.2, -0.15) is 0 Å². The summed E-state index contributed by atoms with van der Waals surface area (Å²) in [5, 5.41) is 3.61. The summed E-state index contributed by atoms with van der Waals surface area (Å²) >= 11 is 0. The first-order valence-electron chi connectivity index (χ1n) is 8.42. The second-order valence-corrected chi connectivity index (χ2v) is 7.09. The number of carbonyl (C=O) groups is 1. The second-order valence-electron chi connectivity index (χ2n) is 7.09. The zero-order valence-electron chi connectivity index (χ0n) is 13.0. The molecule has 3 heterocycles. The van der Waals surface area contributed by atoms with E-state index < -0.39 is 0 Å². The van der Waals surface area contributed by atoms with Crippen LogP contribution in [0.15, 0.2) is 0 Å². The predicted molar refractivity (Wildman–Crippen MR) is 80.6 cm³/mol. The molecule has 2 unspecified atom stereocenters. The number of nitrogens with one attached hydrogen (secondary N) is 1. The zero-order valence-corrected chi connectivity index (χ0v) is 13.0. The highest BCUT2D eigenvalue weighted by molar-refractivity contribution is 5.79. The summed E-state index contributed by atoms with van der Waals surface area (Å²) in [7, 11) is 0. The van der Waals surface area contributed by atoms with Crippen LogP contribution < -0.4 is 5.32 Å². The number of amides is 1. The van der Waals surface area contributed by atoms with Crippen molar-refractivity contribution in [2.45, 2.75) is 64.1 Å². The molecule has 4 heteroatoms. The van der Waals surface area contributed by atoms with Crippen molar-refractivity contribution >= 4 is 5.91 Å². The van der Waals surface area contributed by atoms with E-state index in [9.17, 15) is 4.79 Å². The SMILES string of the molecule is CC1CCCC(C)N1C(=O)CN1C[C@@H]2CCCN[C@@H]2C1. The first-order chi connectivity index (χ1) is 9.65. The largest absolute Gasteiger partial charge is 0.336 e. The van der Waals surface area contributed by atoms with Gasteiger partial charge in [0.1, 0.15) is 0 Å². The van der Waals surface area contributed by atoms with Crippen molar-refractivity contribution in [3.8, 4) is 0 Å². The molecule has 0 aromatic carbocycles. The minimum absolute atomic E-state index is 0.350. The smallest absolute Gasteiger partial charge is 0.237 e. The average molecular weight is 279 g/mol. The maximum Gasteiger partial charge on any atom is 0.237 e. The molecule has 0 aliphatic carbocycles. The fourth-order valence-corrected chi connectivity index (χ4v) is 4.45. The van der Waals surface area contributed by atoms with Gasteiger partial charge in [-0.25, -0.2) is 0 Å². The van der Waals surface area contributed by atoms with Gasteiger partial charge in [0.2, 0.25) is 5.91 Å². The molecule has 3 fully saturated rings. The molecule has 0 aromatic heterocycles. The highest BCUT2D eigenvalue weighted by atomic mass is 16.2. The van der Waals surface area contributed by atoms with E-state index in [4.69, 9.17) is 0 Å². The topological polar surface area (TPSA) is 35.6 Å². The molecule has 3 saturated heterocycles. The van der Waals surface area contributed by atoms with Crippen LogP contribution in [0, 0.1) is 5.92 Å². The minimum atomic E-state index is 0.350. The Balaban J connectivity index is 1.56. The Labute approximate surface area is 122 Å². The van der Waals surface area contributed by atoms with Crippen LogP contribution in [0.4, 0.5) is 0 Å². The summed E-state index contributed by atoms with van der Waals surface area (Å²) in [5.74, 6) is 1.12. The van der Waals surface area contributed by atoms with Crippen molar-refractivity contribution in [1.82, 2.24) is 15.1 Å². The van der Waals surface area contributed by atoms with Crippen molar-refractivity contribution in [3.63, 3.8) is 0 Å². The quantitative estimate of drug-likeness (QED) is 0.831. The van der Waals surface area contributed by atoms with Crippen molar-refractivity contribution < 1.29 is 4.79 Å². The lowest BCUT2D eigenvalue weighted by atomic mass is 9.94. The normalized spacial score (nSPS) is 38.8. The van der Waals surface area contributed by atoms with Crippen LogP contribution in [0.5, 0.6) is 0 Å². The average Bonchev–Trinajstić information content (AvgIpc) is 2.80.